The molecule has 1 aromatic rings. The maximum atomic E-state index is 12.2. The van der Waals surface area contributed by atoms with E-state index in [1.165, 1.54) is 25.7 Å². The van der Waals surface area contributed by atoms with E-state index >= 15 is 0 Å². The summed E-state index contributed by atoms with van der Waals surface area (Å²) >= 11 is 6.06. The molecule has 0 spiro atoms. The highest BCUT2D eigenvalue weighted by Gasteiger charge is 2.54. The third-order valence-electron chi connectivity index (χ3n) is 4.25. The highest BCUT2D eigenvalue weighted by atomic mass is 35.5. The lowest BCUT2D eigenvalue weighted by Gasteiger charge is -2.09. The van der Waals surface area contributed by atoms with E-state index in [2.05, 4.69) is 5.32 Å². The van der Waals surface area contributed by atoms with Crippen LogP contribution in [0.15, 0.2) is 18.2 Å². The monoisotopic (exact) mass is 264 g/mol. The number of nitrogens with one attached hydrogen (secondary N) is 1. The van der Waals surface area contributed by atoms with Gasteiger partial charge in [-0.15, -0.1) is 0 Å². The van der Waals surface area contributed by atoms with Gasteiger partial charge in [0, 0.05) is 5.92 Å². The van der Waals surface area contributed by atoms with E-state index in [4.69, 9.17) is 17.3 Å². The molecular weight excluding hydrogens is 248 g/mol. The molecule has 2 fully saturated rings. The molecule has 2 aliphatic carbocycles. The zero-order valence-corrected chi connectivity index (χ0v) is 10.9. The third kappa shape index (κ3) is 1.97. The number of carbonyl (C=O) groups is 1. The van der Waals surface area contributed by atoms with Crippen molar-refractivity contribution in [1.82, 2.24) is 0 Å². The number of hydrogen-bond donors (Lipinski definition) is 2. The number of benzene rings is 1. The predicted molar refractivity (Wildman–Crippen MR) is 73.4 cm³/mol. The van der Waals surface area contributed by atoms with Crippen molar-refractivity contribution < 1.29 is 4.79 Å². The Hall–Kier alpha value is -1.22. The van der Waals surface area contributed by atoms with Crippen LogP contribution in [0.3, 0.4) is 0 Å². The lowest BCUT2D eigenvalue weighted by Crippen LogP contribution is -2.16. The first-order valence-electron chi connectivity index (χ1n) is 6.53. The molecule has 3 nitrogen and oxygen atoms in total. The summed E-state index contributed by atoms with van der Waals surface area (Å²) in [6, 6.07) is 5.28. The molecule has 3 N–H and O–H groups in total. The zero-order chi connectivity index (χ0) is 12.7. The number of fused-ring (bicyclic) bond motifs is 1. The van der Waals surface area contributed by atoms with E-state index in [1.54, 1.807) is 18.2 Å². The van der Waals surface area contributed by atoms with Gasteiger partial charge in [-0.25, -0.2) is 0 Å². The quantitative estimate of drug-likeness (QED) is 0.806. The van der Waals surface area contributed by atoms with E-state index in [0.717, 1.165) is 0 Å². The summed E-state index contributed by atoms with van der Waals surface area (Å²) in [4.78, 5) is 12.2. The van der Waals surface area contributed by atoms with E-state index < -0.39 is 0 Å². The van der Waals surface area contributed by atoms with Gasteiger partial charge in [-0.1, -0.05) is 30.5 Å². The van der Waals surface area contributed by atoms with E-state index in [0.29, 0.717) is 28.2 Å². The smallest absolute Gasteiger partial charge is 0.228 e. The molecule has 0 aromatic heterocycles. The molecule has 2 atom stereocenters. The summed E-state index contributed by atoms with van der Waals surface area (Å²) < 4.78 is 0. The molecule has 1 aromatic carbocycles. The van der Waals surface area contributed by atoms with Crippen molar-refractivity contribution in [3.63, 3.8) is 0 Å². The molecule has 2 unspecified atom stereocenters. The number of nitrogens with two attached hydrogens (primary N) is 1. The average Bonchev–Trinajstić information content (AvgIpc) is 3.08. The fourth-order valence-corrected chi connectivity index (χ4v) is 3.49. The van der Waals surface area contributed by atoms with Gasteiger partial charge >= 0.3 is 0 Å². The number of rotatable bonds is 2. The van der Waals surface area contributed by atoms with Crippen LogP contribution in [0, 0.1) is 17.8 Å². The number of amides is 1. The zero-order valence-electron chi connectivity index (χ0n) is 10.2. The van der Waals surface area contributed by atoms with Crippen molar-refractivity contribution in [1.29, 1.82) is 0 Å². The Labute approximate surface area is 112 Å². The third-order valence-corrected chi connectivity index (χ3v) is 4.57. The van der Waals surface area contributed by atoms with Gasteiger partial charge in [-0.3, -0.25) is 4.79 Å². The molecule has 1 amide bonds. The van der Waals surface area contributed by atoms with Crippen LogP contribution in [0.4, 0.5) is 11.4 Å². The summed E-state index contributed by atoms with van der Waals surface area (Å²) in [5, 5.41) is 3.41. The maximum Gasteiger partial charge on any atom is 0.228 e. The van der Waals surface area contributed by atoms with Crippen molar-refractivity contribution >= 4 is 28.9 Å². The van der Waals surface area contributed by atoms with Gasteiger partial charge in [-0.2, -0.15) is 0 Å². The van der Waals surface area contributed by atoms with Gasteiger partial charge in [0.25, 0.3) is 0 Å². The van der Waals surface area contributed by atoms with Crippen molar-refractivity contribution in [3.8, 4) is 0 Å². The predicted octanol–water partition coefficient (Wildman–Crippen LogP) is 3.30. The molecule has 3 rings (SSSR count). The van der Waals surface area contributed by atoms with Gasteiger partial charge in [0.05, 0.1) is 16.4 Å². The van der Waals surface area contributed by atoms with E-state index in [-0.39, 0.29) is 11.8 Å². The van der Waals surface area contributed by atoms with Crippen LogP contribution in [0.5, 0.6) is 0 Å². The summed E-state index contributed by atoms with van der Waals surface area (Å²) in [5.74, 6) is 1.47. The lowest BCUT2D eigenvalue weighted by atomic mass is 10.0. The van der Waals surface area contributed by atoms with Crippen molar-refractivity contribution in [2.24, 2.45) is 17.8 Å². The molecule has 2 aliphatic rings. The molecule has 18 heavy (non-hydrogen) atoms. The molecule has 0 aliphatic heterocycles. The van der Waals surface area contributed by atoms with Gasteiger partial charge in [0.2, 0.25) is 5.91 Å². The molecule has 0 saturated heterocycles. The van der Waals surface area contributed by atoms with Crippen LogP contribution in [-0.2, 0) is 4.79 Å². The first-order chi connectivity index (χ1) is 8.68. The molecule has 0 radical (unpaired) electrons. The van der Waals surface area contributed by atoms with E-state index in [1.807, 2.05) is 0 Å². The minimum atomic E-state index is 0.0895. The number of nitrogen functional groups attached to an aromatic ring is 1. The average molecular weight is 265 g/mol. The first kappa shape index (κ1) is 11.8. The Morgan fingerprint density at radius 1 is 1.28 bits per heavy atom. The highest BCUT2D eigenvalue weighted by Crippen LogP contribution is 2.55. The van der Waals surface area contributed by atoms with Gasteiger partial charge < -0.3 is 11.1 Å². The normalized spacial score (nSPS) is 29.5. The largest absolute Gasteiger partial charge is 0.397 e. The Balaban J connectivity index is 1.72. The van der Waals surface area contributed by atoms with E-state index in [9.17, 15) is 4.79 Å². The summed E-state index contributed by atoms with van der Waals surface area (Å²) in [6.07, 6.45) is 4.92. The molecule has 4 heteroatoms. The molecule has 0 bridgehead atoms. The number of carbonyl (C=O) groups excluding carboxylic acids is 1. The number of halogens is 1. The fourth-order valence-electron chi connectivity index (χ4n) is 3.26. The topological polar surface area (TPSA) is 55.1 Å². The SMILES string of the molecule is Nc1cccc(Cl)c1NC(=O)C1C2CCCCC21. The summed E-state index contributed by atoms with van der Waals surface area (Å²) in [5.41, 5.74) is 6.93. The minimum Gasteiger partial charge on any atom is -0.397 e. The van der Waals surface area contributed by atoms with Crippen molar-refractivity contribution in [2.75, 3.05) is 11.1 Å². The van der Waals surface area contributed by atoms with Crippen LogP contribution < -0.4 is 11.1 Å². The number of para-hydroxylation sites is 1. The molecule has 2 saturated carbocycles. The fraction of sp³-hybridized carbons (Fsp3) is 0.500. The minimum absolute atomic E-state index is 0.0895. The Morgan fingerprint density at radius 3 is 2.56 bits per heavy atom. The standard InChI is InChI=1S/C14H17ClN2O/c15-10-6-3-7-11(16)13(10)17-14(18)12-8-4-1-2-5-9(8)12/h3,6-9,12H,1-2,4-5,16H2,(H,17,18). The van der Waals surface area contributed by atoms with Crippen LogP contribution in [0.2, 0.25) is 5.02 Å². The summed E-state index contributed by atoms with van der Waals surface area (Å²) in [6.45, 7) is 0. The van der Waals surface area contributed by atoms with Crippen LogP contribution >= 0.6 is 11.6 Å². The molecule has 96 valence electrons. The molecular formula is C14H17ClN2O. The lowest BCUT2D eigenvalue weighted by molar-refractivity contribution is -0.117. The van der Waals surface area contributed by atoms with Crippen LogP contribution in [-0.4, -0.2) is 5.91 Å². The highest BCUT2D eigenvalue weighted by molar-refractivity contribution is 6.34. The first-order valence-corrected chi connectivity index (χ1v) is 6.91. The van der Waals surface area contributed by atoms with Crippen LogP contribution in [0.25, 0.3) is 0 Å². The Bertz CT molecular complexity index is 456. The van der Waals surface area contributed by atoms with Gasteiger partial charge in [0.15, 0.2) is 0 Å². The van der Waals surface area contributed by atoms with Gasteiger partial charge in [0.1, 0.15) is 0 Å². The number of anilines is 2. The second-order valence-corrected chi connectivity index (χ2v) is 5.74. The van der Waals surface area contributed by atoms with Crippen LogP contribution in [0.1, 0.15) is 25.7 Å². The van der Waals surface area contributed by atoms with Crippen molar-refractivity contribution in [2.45, 2.75) is 25.7 Å². The molecule has 0 heterocycles. The Kier molecular flexibility index (Phi) is 2.94. The maximum absolute atomic E-state index is 12.2. The summed E-state index contributed by atoms with van der Waals surface area (Å²) in [7, 11) is 0. The van der Waals surface area contributed by atoms with Gasteiger partial charge in [-0.05, 0) is 36.8 Å². The Morgan fingerprint density at radius 2 is 1.94 bits per heavy atom. The second-order valence-electron chi connectivity index (χ2n) is 5.33. The number of hydrogen-bond acceptors (Lipinski definition) is 2. The second kappa shape index (κ2) is 4.47. The van der Waals surface area contributed by atoms with Crippen molar-refractivity contribution in [3.05, 3.63) is 23.2 Å².